The summed E-state index contributed by atoms with van der Waals surface area (Å²) in [6.07, 6.45) is 0. The molecule has 1 fully saturated rings. The third kappa shape index (κ3) is 2.89. The van der Waals surface area contributed by atoms with Crippen molar-refractivity contribution in [3.05, 3.63) is 12.1 Å². The van der Waals surface area contributed by atoms with Crippen LogP contribution in [0.4, 0.5) is 17.3 Å². The molecular weight excluding hydrogens is 284 g/mol. The molecule has 6 nitrogen and oxygen atoms in total. The fourth-order valence-electron chi connectivity index (χ4n) is 1.97. The van der Waals surface area contributed by atoms with Gasteiger partial charge in [0.05, 0.1) is 5.69 Å². The van der Waals surface area contributed by atoms with Crippen molar-refractivity contribution in [1.29, 1.82) is 0 Å². The Balaban J connectivity index is 2.37. The standard InChI is InChI=1S/C11H18N4O2S2/c1-2-19(16,17)10-7-18-6-5-15(10)9-4-3-8(12)11(13)14-9/h3-4,10H,2,5-7,12H2,1H3,(H2,13,14). The molecule has 0 spiro atoms. The average molecular weight is 302 g/mol. The highest BCUT2D eigenvalue weighted by molar-refractivity contribution is 8.01. The minimum absolute atomic E-state index is 0.124. The van der Waals surface area contributed by atoms with Gasteiger partial charge in [0.1, 0.15) is 17.0 Å². The maximum absolute atomic E-state index is 12.2. The highest BCUT2D eigenvalue weighted by atomic mass is 32.2. The summed E-state index contributed by atoms with van der Waals surface area (Å²) in [6.45, 7) is 2.31. The molecule has 0 aromatic carbocycles. The van der Waals surface area contributed by atoms with Crippen LogP contribution in [0.5, 0.6) is 0 Å². The number of pyridine rings is 1. The van der Waals surface area contributed by atoms with Gasteiger partial charge in [-0.2, -0.15) is 11.8 Å². The van der Waals surface area contributed by atoms with E-state index in [9.17, 15) is 8.42 Å². The summed E-state index contributed by atoms with van der Waals surface area (Å²) in [5.74, 6) is 2.38. The lowest BCUT2D eigenvalue weighted by molar-refractivity contribution is 0.579. The van der Waals surface area contributed by atoms with Crippen LogP contribution in [0.3, 0.4) is 0 Å². The quantitative estimate of drug-likeness (QED) is 0.841. The number of aromatic nitrogens is 1. The van der Waals surface area contributed by atoms with Crippen LogP contribution in [0, 0.1) is 0 Å². The van der Waals surface area contributed by atoms with Crippen LogP contribution in [0.1, 0.15) is 6.92 Å². The molecule has 0 amide bonds. The molecule has 2 heterocycles. The molecule has 2 rings (SSSR count). The van der Waals surface area contributed by atoms with E-state index in [1.165, 1.54) is 0 Å². The van der Waals surface area contributed by atoms with Crippen molar-refractivity contribution in [1.82, 2.24) is 4.98 Å². The second kappa shape index (κ2) is 5.46. The first-order valence-corrected chi connectivity index (χ1v) is 8.90. The molecule has 1 aliphatic heterocycles. The van der Waals surface area contributed by atoms with Crippen molar-refractivity contribution in [2.75, 3.05) is 40.2 Å². The van der Waals surface area contributed by atoms with Gasteiger partial charge in [-0.1, -0.05) is 6.92 Å². The van der Waals surface area contributed by atoms with Gasteiger partial charge in [0.25, 0.3) is 0 Å². The Hall–Kier alpha value is -1.15. The molecule has 1 aliphatic rings. The Labute approximate surface area is 117 Å². The fourth-order valence-corrected chi connectivity index (χ4v) is 4.95. The van der Waals surface area contributed by atoms with E-state index < -0.39 is 15.2 Å². The molecule has 4 N–H and O–H groups in total. The zero-order valence-corrected chi connectivity index (χ0v) is 12.4. The summed E-state index contributed by atoms with van der Waals surface area (Å²) in [6, 6.07) is 3.38. The first kappa shape index (κ1) is 14.3. The molecule has 1 atom stereocenters. The first-order chi connectivity index (χ1) is 8.95. The number of anilines is 3. The lowest BCUT2D eigenvalue weighted by Gasteiger charge is -2.35. The Morgan fingerprint density at radius 2 is 2.21 bits per heavy atom. The van der Waals surface area contributed by atoms with Gasteiger partial charge in [0, 0.05) is 23.8 Å². The third-order valence-electron chi connectivity index (χ3n) is 3.14. The maximum Gasteiger partial charge on any atom is 0.171 e. The van der Waals surface area contributed by atoms with E-state index in [4.69, 9.17) is 11.5 Å². The number of nitrogen functional groups attached to an aromatic ring is 2. The van der Waals surface area contributed by atoms with Crippen LogP contribution in [0.25, 0.3) is 0 Å². The molecule has 0 bridgehead atoms. The van der Waals surface area contributed by atoms with E-state index >= 15 is 0 Å². The minimum atomic E-state index is -3.15. The van der Waals surface area contributed by atoms with Gasteiger partial charge in [0.15, 0.2) is 9.84 Å². The Morgan fingerprint density at radius 1 is 1.47 bits per heavy atom. The normalized spacial score (nSPS) is 20.5. The van der Waals surface area contributed by atoms with E-state index in [0.717, 1.165) is 5.75 Å². The molecule has 0 aliphatic carbocycles. The fraction of sp³-hybridized carbons (Fsp3) is 0.545. The van der Waals surface area contributed by atoms with Crippen LogP contribution in [-0.4, -0.2) is 42.6 Å². The molecule has 0 radical (unpaired) electrons. The van der Waals surface area contributed by atoms with E-state index in [2.05, 4.69) is 4.98 Å². The lowest BCUT2D eigenvalue weighted by atomic mass is 10.3. The van der Waals surface area contributed by atoms with E-state index in [0.29, 0.717) is 23.8 Å². The Bertz CT molecular complexity index is 562. The van der Waals surface area contributed by atoms with E-state index in [-0.39, 0.29) is 11.6 Å². The van der Waals surface area contributed by atoms with E-state index in [1.807, 2.05) is 4.90 Å². The molecule has 0 saturated carbocycles. The van der Waals surface area contributed by atoms with Gasteiger partial charge >= 0.3 is 0 Å². The van der Waals surface area contributed by atoms with Crippen molar-refractivity contribution in [2.45, 2.75) is 12.3 Å². The monoisotopic (exact) mass is 302 g/mol. The van der Waals surface area contributed by atoms with Gasteiger partial charge in [-0.25, -0.2) is 13.4 Å². The third-order valence-corrected chi connectivity index (χ3v) is 6.43. The largest absolute Gasteiger partial charge is 0.396 e. The van der Waals surface area contributed by atoms with Crippen molar-refractivity contribution >= 4 is 38.9 Å². The number of hydrogen-bond donors (Lipinski definition) is 2. The van der Waals surface area contributed by atoms with Crippen molar-refractivity contribution < 1.29 is 8.42 Å². The number of hydrogen-bond acceptors (Lipinski definition) is 7. The molecule has 1 saturated heterocycles. The summed E-state index contributed by atoms with van der Waals surface area (Å²) in [5, 5.41) is -0.535. The van der Waals surface area contributed by atoms with Crippen molar-refractivity contribution in [2.24, 2.45) is 0 Å². The second-order valence-electron chi connectivity index (χ2n) is 4.32. The lowest BCUT2D eigenvalue weighted by Crippen LogP contribution is -2.48. The van der Waals surface area contributed by atoms with E-state index in [1.54, 1.807) is 30.8 Å². The summed E-state index contributed by atoms with van der Waals surface area (Å²) in [4.78, 5) is 6.01. The summed E-state index contributed by atoms with van der Waals surface area (Å²) < 4.78 is 24.3. The summed E-state index contributed by atoms with van der Waals surface area (Å²) in [7, 11) is -3.15. The van der Waals surface area contributed by atoms with Gasteiger partial charge in [-0.15, -0.1) is 0 Å². The molecule has 106 valence electrons. The molecule has 1 unspecified atom stereocenters. The number of rotatable bonds is 3. The maximum atomic E-state index is 12.2. The van der Waals surface area contributed by atoms with Crippen LogP contribution in [0.15, 0.2) is 12.1 Å². The number of nitrogens with zero attached hydrogens (tertiary/aromatic N) is 2. The summed E-state index contributed by atoms with van der Waals surface area (Å²) >= 11 is 1.65. The topological polar surface area (TPSA) is 102 Å². The number of sulfone groups is 1. The predicted octanol–water partition coefficient (Wildman–Crippen LogP) is 0.560. The average Bonchev–Trinajstić information content (AvgIpc) is 2.42. The van der Waals surface area contributed by atoms with Gasteiger partial charge in [0.2, 0.25) is 0 Å². The molecule has 1 aromatic heterocycles. The predicted molar refractivity (Wildman–Crippen MR) is 81.0 cm³/mol. The van der Waals surface area contributed by atoms with Gasteiger partial charge < -0.3 is 16.4 Å². The van der Waals surface area contributed by atoms with Crippen molar-refractivity contribution in [3.8, 4) is 0 Å². The smallest absolute Gasteiger partial charge is 0.171 e. The minimum Gasteiger partial charge on any atom is -0.396 e. The Morgan fingerprint density at radius 3 is 2.84 bits per heavy atom. The number of thioether (sulfide) groups is 1. The van der Waals surface area contributed by atoms with Crippen LogP contribution in [0.2, 0.25) is 0 Å². The molecule has 1 aromatic rings. The zero-order chi connectivity index (χ0) is 14.0. The second-order valence-corrected chi connectivity index (χ2v) is 7.92. The summed E-state index contributed by atoms with van der Waals surface area (Å²) in [5.41, 5.74) is 11.7. The molecule has 19 heavy (non-hydrogen) atoms. The highest BCUT2D eigenvalue weighted by Crippen LogP contribution is 2.27. The molecule has 8 heteroatoms. The van der Waals surface area contributed by atoms with Crippen LogP contribution in [-0.2, 0) is 9.84 Å². The van der Waals surface area contributed by atoms with Gasteiger partial charge in [-0.05, 0) is 12.1 Å². The van der Waals surface area contributed by atoms with Crippen LogP contribution < -0.4 is 16.4 Å². The Kier molecular flexibility index (Phi) is 4.10. The first-order valence-electron chi connectivity index (χ1n) is 6.03. The number of nitrogens with two attached hydrogens (primary N) is 2. The van der Waals surface area contributed by atoms with Crippen molar-refractivity contribution in [3.63, 3.8) is 0 Å². The highest BCUT2D eigenvalue weighted by Gasteiger charge is 2.33. The zero-order valence-electron chi connectivity index (χ0n) is 10.7. The molecular formula is C11H18N4O2S2. The van der Waals surface area contributed by atoms with Crippen LogP contribution >= 0.6 is 11.8 Å². The van der Waals surface area contributed by atoms with Gasteiger partial charge in [-0.3, -0.25) is 0 Å². The SMILES string of the molecule is CCS(=O)(=O)C1CSCCN1c1ccc(N)c(N)n1.